The molecule has 3 nitrogen and oxygen atoms in total. The largest absolute Gasteiger partial charge is 0.484 e. The van der Waals surface area contributed by atoms with Crippen LogP contribution in [0.15, 0.2) is 48.5 Å². The van der Waals surface area contributed by atoms with Crippen LogP contribution in [0.25, 0.3) is 0 Å². The minimum absolute atomic E-state index is 0.174. The second-order valence-electron chi connectivity index (χ2n) is 4.47. The molecule has 0 saturated carbocycles. The number of hydrogen-bond acceptors (Lipinski definition) is 2. The molecular formula is C16H15F2NO2. The topological polar surface area (TPSA) is 38.3 Å². The number of benzene rings is 2. The van der Waals surface area contributed by atoms with E-state index >= 15 is 0 Å². The van der Waals surface area contributed by atoms with Crippen molar-refractivity contribution in [3.05, 3.63) is 65.7 Å². The molecule has 2 aromatic carbocycles. The molecule has 0 spiro atoms. The molecule has 0 unspecified atom stereocenters. The number of carbonyl (C=O) groups is 1. The van der Waals surface area contributed by atoms with Crippen molar-refractivity contribution in [2.45, 2.75) is 6.42 Å². The summed E-state index contributed by atoms with van der Waals surface area (Å²) in [5, 5.41) is 2.68. The number of amides is 1. The fourth-order valence-electron chi connectivity index (χ4n) is 1.75. The summed E-state index contributed by atoms with van der Waals surface area (Å²) in [6, 6.07) is 11.7. The molecule has 0 heterocycles. The molecule has 0 atom stereocenters. The van der Waals surface area contributed by atoms with Gasteiger partial charge < -0.3 is 10.1 Å². The van der Waals surface area contributed by atoms with E-state index in [0.29, 0.717) is 18.7 Å². The predicted octanol–water partition coefficient (Wildman–Crippen LogP) is 2.70. The van der Waals surface area contributed by atoms with Gasteiger partial charge in [0.2, 0.25) is 0 Å². The Balaban J connectivity index is 1.69. The summed E-state index contributed by atoms with van der Waals surface area (Å²) in [5.74, 6) is -0.680. The maximum absolute atomic E-state index is 12.9. The second kappa shape index (κ2) is 7.38. The third-order valence-electron chi connectivity index (χ3n) is 2.82. The van der Waals surface area contributed by atoms with Gasteiger partial charge in [0, 0.05) is 12.6 Å². The first-order valence-corrected chi connectivity index (χ1v) is 6.53. The number of halogens is 2. The number of nitrogens with one attached hydrogen (secondary N) is 1. The number of carbonyl (C=O) groups excluding carboxylic acids is 1. The van der Waals surface area contributed by atoms with Crippen molar-refractivity contribution in [2.24, 2.45) is 0 Å². The monoisotopic (exact) mass is 291 g/mol. The molecule has 1 amide bonds. The third-order valence-corrected chi connectivity index (χ3v) is 2.82. The zero-order chi connectivity index (χ0) is 15.1. The molecule has 0 bridgehead atoms. The van der Waals surface area contributed by atoms with E-state index in [1.54, 1.807) is 18.2 Å². The fraction of sp³-hybridized carbons (Fsp3) is 0.188. The van der Waals surface area contributed by atoms with Crippen LogP contribution in [0.1, 0.15) is 5.56 Å². The van der Waals surface area contributed by atoms with Crippen LogP contribution in [0.5, 0.6) is 5.75 Å². The van der Waals surface area contributed by atoms with E-state index in [4.69, 9.17) is 4.74 Å². The highest BCUT2D eigenvalue weighted by Gasteiger charge is 2.03. The van der Waals surface area contributed by atoms with Gasteiger partial charge >= 0.3 is 0 Å². The van der Waals surface area contributed by atoms with Crippen molar-refractivity contribution in [3.63, 3.8) is 0 Å². The highest BCUT2D eigenvalue weighted by molar-refractivity contribution is 5.77. The maximum atomic E-state index is 12.9. The summed E-state index contributed by atoms with van der Waals surface area (Å²) in [6.45, 7) is 0.254. The van der Waals surface area contributed by atoms with Gasteiger partial charge in [0.25, 0.3) is 5.91 Å². The van der Waals surface area contributed by atoms with Crippen molar-refractivity contribution in [3.8, 4) is 5.75 Å². The van der Waals surface area contributed by atoms with Gasteiger partial charge in [-0.3, -0.25) is 4.79 Å². The Bertz CT molecular complexity index is 599. The molecule has 0 fully saturated rings. The molecule has 21 heavy (non-hydrogen) atoms. The van der Waals surface area contributed by atoms with Crippen LogP contribution in [0.2, 0.25) is 0 Å². The Hall–Kier alpha value is -2.43. The van der Waals surface area contributed by atoms with Crippen LogP contribution < -0.4 is 10.1 Å². The van der Waals surface area contributed by atoms with Crippen LogP contribution in [-0.2, 0) is 11.2 Å². The Morgan fingerprint density at radius 3 is 2.52 bits per heavy atom. The van der Waals surface area contributed by atoms with E-state index in [-0.39, 0.29) is 18.3 Å². The fourth-order valence-corrected chi connectivity index (χ4v) is 1.75. The lowest BCUT2D eigenvalue weighted by Gasteiger charge is -2.07. The molecule has 0 saturated heterocycles. The van der Waals surface area contributed by atoms with E-state index in [9.17, 15) is 13.6 Å². The molecule has 1 N–H and O–H groups in total. The molecule has 0 aliphatic rings. The van der Waals surface area contributed by atoms with E-state index < -0.39 is 5.82 Å². The van der Waals surface area contributed by atoms with E-state index in [2.05, 4.69) is 5.32 Å². The molecular weight excluding hydrogens is 276 g/mol. The molecule has 0 radical (unpaired) electrons. The maximum Gasteiger partial charge on any atom is 0.257 e. The summed E-state index contributed by atoms with van der Waals surface area (Å²) in [7, 11) is 0. The average Bonchev–Trinajstić information content (AvgIpc) is 2.47. The Kier molecular flexibility index (Phi) is 5.26. The van der Waals surface area contributed by atoms with Crippen molar-refractivity contribution >= 4 is 5.91 Å². The van der Waals surface area contributed by atoms with E-state index in [0.717, 1.165) is 5.56 Å². The second-order valence-corrected chi connectivity index (χ2v) is 4.47. The quantitative estimate of drug-likeness (QED) is 0.888. The van der Waals surface area contributed by atoms with Crippen LogP contribution in [0.3, 0.4) is 0 Å². The van der Waals surface area contributed by atoms with Gasteiger partial charge in [0.05, 0.1) is 0 Å². The molecule has 2 rings (SSSR count). The Morgan fingerprint density at radius 2 is 1.81 bits per heavy atom. The molecule has 0 aliphatic carbocycles. The lowest BCUT2D eigenvalue weighted by molar-refractivity contribution is -0.123. The molecule has 110 valence electrons. The summed E-state index contributed by atoms with van der Waals surface area (Å²) in [5.41, 5.74) is 0.933. The van der Waals surface area contributed by atoms with Gasteiger partial charge in [0.1, 0.15) is 17.4 Å². The van der Waals surface area contributed by atoms with Crippen LogP contribution in [-0.4, -0.2) is 19.1 Å². The number of hydrogen-bond donors (Lipinski definition) is 1. The smallest absolute Gasteiger partial charge is 0.257 e. The lowest BCUT2D eigenvalue weighted by atomic mass is 10.1. The van der Waals surface area contributed by atoms with Crippen molar-refractivity contribution in [2.75, 3.05) is 13.2 Å². The van der Waals surface area contributed by atoms with Gasteiger partial charge in [-0.1, -0.05) is 18.2 Å². The standard InChI is InChI=1S/C16H15F2NO2/c17-13-6-4-12(5-7-13)8-9-19-16(20)11-21-15-3-1-2-14(18)10-15/h1-7,10H,8-9,11H2,(H,19,20). The zero-order valence-electron chi connectivity index (χ0n) is 11.3. The molecule has 0 aromatic heterocycles. The predicted molar refractivity (Wildman–Crippen MR) is 75.0 cm³/mol. The van der Waals surface area contributed by atoms with Gasteiger partial charge in [-0.15, -0.1) is 0 Å². The first kappa shape index (κ1) is 15.0. The van der Waals surface area contributed by atoms with Gasteiger partial charge in [-0.05, 0) is 36.2 Å². The average molecular weight is 291 g/mol. The third kappa shape index (κ3) is 5.22. The van der Waals surface area contributed by atoms with Gasteiger partial charge in [0.15, 0.2) is 6.61 Å². The van der Waals surface area contributed by atoms with Crippen LogP contribution >= 0.6 is 0 Å². The number of rotatable bonds is 6. The van der Waals surface area contributed by atoms with E-state index in [1.165, 1.54) is 30.3 Å². The molecule has 0 aliphatic heterocycles. The first-order chi connectivity index (χ1) is 10.1. The lowest BCUT2D eigenvalue weighted by Crippen LogP contribution is -2.30. The Morgan fingerprint density at radius 1 is 1.05 bits per heavy atom. The van der Waals surface area contributed by atoms with Gasteiger partial charge in [-0.2, -0.15) is 0 Å². The highest BCUT2D eigenvalue weighted by Crippen LogP contribution is 2.11. The van der Waals surface area contributed by atoms with Crippen LogP contribution in [0.4, 0.5) is 8.78 Å². The normalized spacial score (nSPS) is 10.2. The zero-order valence-corrected chi connectivity index (χ0v) is 11.3. The Labute approximate surface area is 121 Å². The van der Waals surface area contributed by atoms with Crippen molar-refractivity contribution in [1.82, 2.24) is 5.32 Å². The minimum Gasteiger partial charge on any atom is -0.484 e. The summed E-state index contributed by atoms with van der Waals surface area (Å²) in [4.78, 5) is 11.6. The summed E-state index contributed by atoms with van der Waals surface area (Å²) in [6.07, 6.45) is 0.603. The molecule has 5 heteroatoms. The van der Waals surface area contributed by atoms with Crippen molar-refractivity contribution in [1.29, 1.82) is 0 Å². The highest BCUT2D eigenvalue weighted by atomic mass is 19.1. The SMILES string of the molecule is O=C(COc1cccc(F)c1)NCCc1ccc(F)cc1. The summed E-state index contributed by atoms with van der Waals surface area (Å²) < 4.78 is 30.8. The number of ether oxygens (including phenoxy) is 1. The van der Waals surface area contributed by atoms with Crippen LogP contribution in [0, 0.1) is 11.6 Å². The first-order valence-electron chi connectivity index (χ1n) is 6.53. The van der Waals surface area contributed by atoms with Crippen molar-refractivity contribution < 1.29 is 18.3 Å². The van der Waals surface area contributed by atoms with E-state index in [1.807, 2.05) is 0 Å². The molecule has 2 aromatic rings. The minimum atomic E-state index is -0.413. The van der Waals surface area contributed by atoms with Gasteiger partial charge in [-0.25, -0.2) is 8.78 Å². The summed E-state index contributed by atoms with van der Waals surface area (Å²) >= 11 is 0.